The zero-order valence-electron chi connectivity index (χ0n) is 5.85. The lowest BCUT2D eigenvalue weighted by Crippen LogP contribution is -2.28. The second-order valence-electron chi connectivity index (χ2n) is 1.86. The van der Waals surface area contributed by atoms with Crippen LogP contribution < -0.4 is 5.32 Å². The first-order chi connectivity index (χ1) is 5.70. The van der Waals surface area contributed by atoms with Gasteiger partial charge in [-0.3, -0.25) is 9.59 Å². The molecule has 0 aliphatic carbocycles. The van der Waals surface area contributed by atoms with Crippen LogP contribution in [0, 0.1) is 0 Å². The molecule has 0 spiro atoms. The lowest BCUT2D eigenvalue weighted by atomic mass is 10.5. The van der Waals surface area contributed by atoms with Gasteiger partial charge in [-0.15, -0.1) is 5.10 Å². The van der Waals surface area contributed by atoms with Gasteiger partial charge in [-0.25, -0.2) is 0 Å². The average molecular weight is 187 g/mol. The molecule has 7 heteroatoms. The van der Waals surface area contributed by atoms with E-state index >= 15 is 0 Å². The summed E-state index contributed by atoms with van der Waals surface area (Å²) >= 11 is 0.917. The number of hydrogen-bond donors (Lipinski definition) is 2. The molecule has 0 fully saturated rings. The average Bonchev–Trinajstić information content (AvgIpc) is 2.51. The van der Waals surface area contributed by atoms with E-state index in [4.69, 9.17) is 5.11 Å². The molecular formula is C5H5N3O3S. The number of rotatable bonds is 3. The molecule has 0 bridgehead atoms. The van der Waals surface area contributed by atoms with E-state index in [-0.39, 0.29) is 0 Å². The summed E-state index contributed by atoms with van der Waals surface area (Å²) in [7, 11) is 0. The summed E-state index contributed by atoms with van der Waals surface area (Å²) in [6.45, 7) is -0.392. The minimum Gasteiger partial charge on any atom is -0.480 e. The van der Waals surface area contributed by atoms with Gasteiger partial charge >= 0.3 is 5.97 Å². The quantitative estimate of drug-likeness (QED) is 0.656. The van der Waals surface area contributed by atoms with Gasteiger partial charge in [0, 0.05) is 0 Å². The molecule has 2 N–H and O–H groups in total. The third kappa shape index (κ3) is 2.27. The fraction of sp³-hybridized carbons (Fsp3) is 0.200. The Kier molecular flexibility index (Phi) is 2.70. The monoisotopic (exact) mass is 187 g/mol. The van der Waals surface area contributed by atoms with Gasteiger partial charge in [0.25, 0.3) is 5.91 Å². The molecular weight excluding hydrogens is 182 g/mol. The number of carbonyl (C=O) groups excluding carboxylic acids is 1. The van der Waals surface area contributed by atoms with Crippen LogP contribution in [-0.2, 0) is 4.79 Å². The Balaban J connectivity index is 2.45. The van der Waals surface area contributed by atoms with Crippen LogP contribution >= 0.6 is 11.5 Å². The zero-order valence-corrected chi connectivity index (χ0v) is 6.67. The van der Waals surface area contributed by atoms with Crippen molar-refractivity contribution in [1.29, 1.82) is 0 Å². The fourth-order valence-corrected chi connectivity index (χ4v) is 0.942. The molecule has 0 radical (unpaired) electrons. The Morgan fingerprint density at radius 3 is 2.92 bits per heavy atom. The number of hydrogen-bond acceptors (Lipinski definition) is 5. The fourth-order valence-electron chi connectivity index (χ4n) is 0.510. The maximum atomic E-state index is 11.0. The van der Waals surface area contributed by atoms with Crippen LogP contribution in [0.25, 0.3) is 0 Å². The predicted octanol–water partition coefficient (Wildman–Crippen LogP) is -0.648. The number of nitrogens with zero attached hydrogens (tertiary/aromatic N) is 2. The Hall–Kier alpha value is -1.50. The van der Waals surface area contributed by atoms with E-state index in [0.29, 0.717) is 4.88 Å². The Bertz CT molecular complexity index is 284. The molecule has 0 saturated heterocycles. The number of nitrogens with one attached hydrogen (secondary N) is 1. The van der Waals surface area contributed by atoms with E-state index in [9.17, 15) is 9.59 Å². The molecule has 1 amide bonds. The van der Waals surface area contributed by atoms with Crippen LogP contribution in [0.1, 0.15) is 9.67 Å². The molecule has 0 aromatic carbocycles. The van der Waals surface area contributed by atoms with E-state index in [1.54, 1.807) is 0 Å². The summed E-state index contributed by atoms with van der Waals surface area (Å²) in [6, 6.07) is 0. The lowest BCUT2D eigenvalue weighted by molar-refractivity contribution is -0.135. The van der Waals surface area contributed by atoms with Crippen LogP contribution in [0.2, 0.25) is 0 Å². The van der Waals surface area contributed by atoms with E-state index < -0.39 is 18.4 Å². The van der Waals surface area contributed by atoms with Gasteiger partial charge in [0.05, 0.1) is 6.20 Å². The largest absolute Gasteiger partial charge is 0.480 e. The maximum Gasteiger partial charge on any atom is 0.322 e. The highest BCUT2D eigenvalue weighted by Gasteiger charge is 2.08. The van der Waals surface area contributed by atoms with Gasteiger partial charge in [-0.2, -0.15) is 0 Å². The number of amides is 1. The topological polar surface area (TPSA) is 92.2 Å². The maximum absolute atomic E-state index is 11.0. The van der Waals surface area contributed by atoms with Gasteiger partial charge in [0.15, 0.2) is 0 Å². The lowest BCUT2D eigenvalue weighted by Gasteiger charge is -1.96. The number of aromatic nitrogens is 2. The highest BCUT2D eigenvalue weighted by molar-refractivity contribution is 7.07. The van der Waals surface area contributed by atoms with Gasteiger partial charge < -0.3 is 10.4 Å². The normalized spacial score (nSPS) is 9.33. The third-order valence-electron chi connectivity index (χ3n) is 0.985. The number of carboxylic acids is 1. The number of carboxylic acid groups (broad SMARTS) is 1. The molecule has 0 saturated carbocycles. The highest BCUT2D eigenvalue weighted by atomic mass is 32.1. The summed E-state index contributed by atoms with van der Waals surface area (Å²) in [4.78, 5) is 21.3. The SMILES string of the molecule is O=C(O)CNC(=O)c1cnns1. The minimum atomic E-state index is -1.08. The molecule has 0 aliphatic rings. The Labute approximate surface area is 71.4 Å². The van der Waals surface area contributed by atoms with Crippen molar-refractivity contribution in [2.45, 2.75) is 0 Å². The first kappa shape index (κ1) is 8.60. The third-order valence-corrected chi connectivity index (χ3v) is 1.65. The summed E-state index contributed by atoms with van der Waals surface area (Å²) in [5.74, 6) is -1.55. The van der Waals surface area contributed by atoms with Crippen molar-refractivity contribution in [3.05, 3.63) is 11.1 Å². The molecule has 64 valence electrons. The molecule has 1 aromatic rings. The standard InChI is InChI=1S/C5H5N3O3S/c9-4(10)2-6-5(11)3-1-7-8-12-3/h1H,2H2,(H,6,11)(H,9,10). The van der Waals surface area contributed by atoms with Crippen LogP contribution in [0.4, 0.5) is 0 Å². The molecule has 0 atom stereocenters. The van der Waals surface area contributed by atoms with Gasteiger partial charge in [0.1, 0.15) is 11.4 Å². The van der Waals surface area contributed by atoms with Gasteiger partial charge in [0.2, 0.25) is 0 Å². The van der Waals surface area contributed by atoms with Crippen LogP contribution in [-0.4, -0.2) is 33.1 Å². The van der Waals surface area contributed by atoms with E-state index in [1.807, 2.05) is 0 Å². The first-order valence-corrected chi connectivity index (χ1v) is 3.75. The molecule has 1 rings (SSSR count). The highest BCUT2D eigenvalue weighted by Crippen LogP contribution is 2.00. The Morgan fingerprint density at radius 2 is 2.42 bits per heavy atom. The van der Waals surface area contributed by atoms with E-state index in [1.165, 1.54) is 6.20 Å². The summed E-state index contributed by atoms with van der Waals surface area (Å²) in [5, 5.41) is 13.8. The summed E-state index contributed by atoms with van der Waals surface area (Å²) in [6.07, 6.45) is 1.28. The van der Waals surface area contributed by atoms with E-state index in [2.05, 4.69) is 14.9 Å². The molecule has 0 unspecified atom stereocenters. The Morgan fingerprint density at radius 1 is 1.67 bits per heavy atom. The molecule has 1 aromatic heterocycles. The second kappa shape index (κ2) is 3.77. The molecule has 6 nitrogen and oxygen atoms in total. The van der Waals surface area contributed by atoms with Crippen molar-refractivity contribution in [2.24, 2.45) is 0 Å². The second-order valence-corrected chi connectivity index (χ2v) is 2.64. The van der Waals surface area contributed by atoms with Crippen molar-refractivity contribution in [2.75, 3.05) is 6.54 Å². The zero-order chi connectivity index (χ0) is 8.97. The molecule has 1 heterocycles. The number of aliphatic carboxylic acids is 1. The van der Waals surface area contributed by atoms with Crippen molar-refractivity contribution in [3.8, 4) is 0 Å². The van der Waals surface area contributed by atoms with Crippen LogP contribution in [0.5, 0.6) is 0 Å². The van der Waals surface area contributed by atoms with Crippen LogP contribution in [0.3, 0.4) is 0 Å². The van der Waals surface area contributed by atoms with Crippen molar-refractivity contribution < 1.29 is 14.7 Å². The van der Waals surface area contributed by atoms with Gasteiger partial charge in [-0.05, 0) is 11.5 Å². The first-order valence-electron chi connectivity index (χ1n) is 2.97. The van der Waals surface area contributed by atoms with Crippen molar-refractivity contribution in [3.63, 3.8) is 0 Å². The minimum absolute atomic E-state index is 0.302. The van der Waals surface area contributed by atoms with E-state index in [0.717, 1.165) is 11.5 Å². The van der Waals surface area contributed by atoms with Gasteiger partial charge in [-0.1, -0.05) is 4.49 Å². The summed E-state index contributed by atoms with van der Waals surface area (Å²) < 4.78 is 3.45. The molecule has 12 heavy (non-hydrogen) atoms. The van der Waals surface area contributed by atoms with Crippen molar-refractivity contribution >= 4 is 23.4 Å². The van der Waals surface area contributed by atoms with Crippen LogP contribution in [0.15, 0.2) is 6.20 Å². The smallest absolute Gasteiger partial charge is 0.322 e. The predicted molar refractivity (Wildman–Crippen MR) is 39.9 cm³/mol. The van der Waals surface area contributed by atoms with Crippen molar-refractivity contribution in [1.82, 2.24) is 14.9 Å². The number of carbonyl (C=O) groups is 2. The summed E-state index contributed by atoms with van der Waals surface area (Å²) in [5.41, 5.74) is 0. The molecule has 0 aliphatic heterocycles.